The fraction of sp³-hybridized carbons (Fsp3) is 0.556. The van der Waals surface area contributed by atoms with Crippen LogP contribution in [0.15, 0.2) is 30.3 Å². The smallest absolute Gasteiger partial charge is 0.317 e. The van der Waals surface area contributed by atoms with Crippen molar-refractivity contribution in [1.29, 1.82) is 0 Å². The van der Waals surface area contributed by atoms with Crippen LogP contribution in [-0.2, 0) is 11.3 Å². The number of nitrogens with one attached hydrogen (secondary N) is 1. The van der Waals surface area contributed by atoms with Crippen molar-refractivity contribution in [3.63, 3.8) is 0 Å². The monoisotopic (exact) mass is 317 g/mol. The van der Waals surface area contributed by atoms with Gasteiger partial charge in [0.15, 0.2) is 0 Å². The molecule has 0 saturated carbocycles. The topological polar surface area (TPSA) is 52.7 Å². The molecule has 1 N–H and O–H groups in total. The minimum Gasteiger partial charge on any atom is -0.343 e. The van der Waals surface area contributed by atoms with Crippen molar-refractivity contribution in [2.24, 2.45) is 0 Å². The number of hydrogen-bond acceptors (Lipinski definition) is 2. The van der Waals surface area contributed by atoms with Crippen molar-refractivity contribution in [3.8, 4) is 0 Å². The first-order valence-corrected chi connectivity index (χ1v) is 8.47. The highest BCUT2D eigenvalue weighted by atomic mass is 16.2. The molecule has 5 heteroatoms. The van der Waals surface area contributed by atoms with Crippen LogP contribution in [0.3, 0.4) is 0 Å². The Morgan fingerprint density at radius 3 is 2.78 bits per heavy atom. The molecule has 1 aliphatic rings. The minimum atomic E-state index is -0.0731. The van der Waals surface area contributed by atoms with E-state index in [4.69, 9.17) is 0 Å². The predicted molar refractivity (Wildman–Crippen MR) is 91.0 cm³/mol. The first-order valence-electron chi connectivity index (χ1n) is 8.47. The molecule has 3 amide bonds. The quantitative estimate of drug-likeness (QED) is 0.820. The molecule has 0 aliphatic carbocycles. The summed E-state index contributed by atoms with van der Waals surface area (Å²) >= 11 is 0. The van der Waals surface area contributed by atoms with E-state index in [-0.39, 0.29) is 11.9 Å². The van der Waals surface area contributed by atoms with Gasteiger partial charge in [-0.2, -0.15) is 0 Å². The molecule has 1 aromatic carbocycles. The van der Waals surface area contributed by atoms with Crippen molar-refractivity contribution in [3.05, 3.63) is 35.9 Å². The number of urea groups is 1. The fourth-order valence-corrected chi connectivity index (χ4v) is 2.80. The number of likely N-dealkylation sites (tertiary alicyclic amines) is 1. The largest absolute Gasteiger partial charge is 0.343 e. The Hall–Kier alpha value is -2.04. The van der Waals surface area contributed by atoms with Gasteiger partial charge in [-0.1, -0.05) is 36.8 Å². The molecule has 1 fully saturated rings. The summed E-state index contributed by atoms with van der Waals surface area (Å²) in [5, 5.41) is 2.92. The second-order valence-corrected chi connectivity index (χ2v) is 6.12. The van der Waals surface area contributed by atoms with Crippen molar-refractivity contribution < 1.29 is 9.59 Å². The number of rotatable bonds is 6. The molecule has 0 unspecified atom stereocenters. The molecule has 0 spiro atoms. The lowest BCUT2D eigenvalue weighted by Crippen LogP contribution is -2.39. The summed E-state index contributed by atoms with van der Waals surface area (Å²) in [5.41, 5.74) is 1.11. The van der Waals surface area contributed by atoms with Crippen LogP contribution in [0.25, 0.3) is 0 Å². The van der Waals surface area contributed by atoms with E-state index in [1.54, 1.807) is 11.9 Å². The van der Waals surface area contributed by atoms with Gasteiger partial charge in [-0.15, -0.1) is 0 Å². The van der Waals surface area contributed by atoms with Gasteiger partial charge in [0.25, 0.3) is 0 Å². The van der Waals surface area contributed by atoms with Crippen LogP contribution in [0.1, 0.15) is 37.7 Å². The highest BCUT2D eigenvalue weighted by Gasteiger charge is 2.16. The second-order valence-electron chi connectivity index (χ2n) is 6.12. The number of carbonyl (C=O) groups is 2. The van der Waals surface area contributed by atoms with E-state index in [2.05, 4.69) is 5.32 Å². The van der Waals surface area contributed by atoms with Crippen LogP contribution in [0, 0.1) is 0 Å². The zero-order chi connectivity index (χ0) is 16.5. The molecule has 5 nitrogen and oxygen atoms in total. The van der Waals surface area contributed by atoms with Crippen molar-refractivity contribution in [2.75, 3.05) is 26.7 Å². The Morgan fingerprint density at radius 2 is 2.00 bits per heavy atom. The zero-order valence-electron chi connectivity index (χ0n) is 14.0. The van der Waals surface area contributed by atoms with Gasteiger partial charge >= 0.3 is 6.03 Å². The summed E-state index contributed by atoms with van der Waals surface area (Å²) in [5.74, 6) is 0.259. The van der Waals surface area contributed by atoms with E-state index in [0.717, 1.165) is 44.3 Å². The number of amides is 3. The SMILES string of the molecule is CN(Cc1ccccc1)C(=O)NCCCN1CCCCCC1=O. The van der Waals surface area contributed by atoms with Gasteiger partial charge in [0, 0.05) is 39.6 Å². The van der Waals surface area contributed by atoms with Crippen molar-refractivity contribution in [1.82, 2.24) is 15.1 Å². The number of hydrogen-bond donors (Lipinski definition) is 1. The summed E-state index contributed by atoms with van der Waals surface area (Å²) in [6.07, 6.45) is 4.72. The molecule has 0 radical (unpaired) electrons. The third-order valence-corrected chi connectivity index (χ3v) is 4.16. The molecule has 2 rings (SSSR count). The van der Waals surface area contributed by atoms with Gasteiger partial charge in [-0.25, -0.2) is 4.79 Å². The molecule has 0 atom stereocenters. The van der Waals surface area contributed by atoms with E-state index >= 15 is 0 Å². The molecule has 1 aliphatic heterocycles. The molecular weight excluding hydrogens is 290 g/mol. The number of carbonyl (C=O) groups excluding carboxylic acids is 2. The summed E-state index contributed by atoms with van der Waals surface area (Å²) < 4.78 is 0. The van der Waals surface area contributed by atoms with Gasteiger partial charge in [0.2, 0.25) is 5.91 Å². The van der Waals surface area contributed by atoms with E-state index in [1.165, 1.54) is 0 Å². The average molecular weight is 317 g/mol. The summed E-state index contributed by atoms with van der Waals surface area (Å²) in [6, 6.07) is 9.85. The normalized spacial score (nSPS) is 15.2. The second kappa shape index (κ2) is 9.18. The van der Waals surface area contributed by atoms with Crippen LogP contribution in [0.2, 0.25) is 0 Å². The standard InChI is InChI=1S/C18H27N3O2/c1-20(15-16-9-4-2-5-10-16)18(23)19-12-8-14-21-13-7-3-6-11-17(21)22/h2,4-5,9-10H,3,6-8,11-15H2,1H3,(H,19,23). The van der Waals surface area contributed by atoms with E-state index in [1.807, 2.05) is 35.2 Å². The van der Waals surface area contributed by atoms with Gasteiger partial charge in [0.1, 0.15) is 0 Å². The van der Waals surface area contributed by atoms with E-state index in [9.17, 15) is 9.59 Å². The Labute approximate surface area is 138 Å². The molecule has 1 saturated heterocycles. The molecule has 1 aromatic rings. The van der Waals surface area contributed by atoms with E-state index in [0.29, 0.717) is 19.5 Å². The third-order valence-electron chi connectivity index (χ3n) is 4.16. The van der Waals surface area contributed by atoms with Crippen LogP contribution >= 0.6 is 0 Å². The van der Waals surface area contributed by atoms with Gasteiger partial charge in [-0.3, -0.25) is 4.79 Å². The molecule has 0 aromatic heterocycles. The fourth-order valence-electron chi connectivity index (χ4n) is 2.80. The van der Waals surface area contributed by atoms with Crippen molar-refractivity contribution >= 4 is 11.9 Å². The minimum absolute atomic E-state index is 0.0731. The van der Waals surface area contributed by atoms with Crippen LogP contribution in [0.4, 0.5) is 4.79 Å². The number of nitrogens with zero attached hydrogens (tertiary/aromatic N) is 2. The molecule has 1 heterocycles. The van der Waals surface area contributed by atoms with Crippen molar-refractivity contribution in [2.45, 2.75) is 38.6 Å². The van der Waals surface area contributed by atoms with Gasteiger partial charge in [0.05, 0.1) is 0 Å². The third kappa shape index (κ3) is 5.93. The van der Waals surface area contributed by atoms with Crippen LogP contribution in [0.5, 0.6) is 0 Å². The lowest BCUT2D eigenvalue weighted by molar-refractivity contribution is -0.130. The first-order chi connectivity index (χ1) is 11.2. The van der Waals surface area contributed by atoms with E-state index < -0.39 is 0 Å². The highest BCUT2D eigenvalue weighted by Crippen LogP contribution is 2.11. The molecular formula is C18H27N3O2. The Morgan fingerprint density at radius 1 is 1.22 bits per heavy atom. The lowest BCUT2D eigenvalue weighted by atomic mass is 10.2. The van der Waals surface area contributed by atoms with Crippen LogP contribution < -0.4 is 5.32 Å². The summed E-state index contributed by atoms with van der Waals surface area (Å²) in [6.45, 7) is 2.79. The Bertz CT molecular complexity index is 504. The Balaban J connectivity index is 1.65. The maximum absolute atomic E-state index is 12.1. The van der Waals surface area contributed by atoms with Gasteiger partial charge in [-0.05, 0) is 24.8 Å². The predicted octanol–water partition coefficient (Wildman–Crippen LogP) is 2.62. The molecule has 126 valence electrons. The molecule has 0 bridgehead atoms. The van der Waals surface area contributed by atoms with Gasteiger partial charge < -0.3 is 15.1 Å². The number of benzene rings is 1. The summed E-state index contributed by atoms with van der Waals surface area (Å²) in [4.78, 5) is 27.5. The lowest BCUT2D eigenvalue weighted by Gasteiger charge is -2.21. The first kappa shape index (κ1) is 17.3. The Kier molecular flexibility index (Phi) is 6.91. The van der Waals surface area contributed by atoms with Crippen LogP contribution in [-0.4, -0.2) is 48.4 Å². The molecule has 23 heavy (non-hydrogen) atoms. The summed E-state index contributed by atoms with van der Waals surface area (Å²) in [7, 11) is 1.79. The maximum Gasteiger partial charge on any atom is 0.317 e. The average Bonchev–Trinajstić information content (AvgIpc) is 2.77. The zero-order valence-corrected chi connectivity index (χ0v) is 14.0. The maximum atomic E-state index is 12.1. The highest BCUT2D eigenvalue weighted by molar-refractivity contribution is 5.76.